The third kappa shape index (κ3) is 3.88. The van der Waals surface area contributed by atoms with Crippen LogP contribution >= 0.6 is 0 Å². The Bertz CT molecular complexity index is 404. The van der Waals surface area contributed by atoms with Crippen LogP contribution in [0.1, 0.15) is 18.4 Å². The third-order valence-corrected chi connectivity index (χ3v) is 2.53. The van der Waals surface area contributed by atoms with Gasteiger partial charge in [0.2, 0.25) is 5.91 Å². The summed E-state index contributed by atoms with van der Waals surface area (Å²) < 4.78 is 0. The van der Waals surface area contributed by atoms with Crippen LogP contribution in [0.4, 0.5) is 0 Å². The number of carboxylic acid groups (broad SMARTS) is 1. The van der Waals surface area contributed by atoms with Crippen LogP contribution in [0.15, 0.2) is 30.3 Å². The monoisotopic (exact) mass is 237 g/mol. The van der Waals surface area contributed by atoms with E-state index in [-0.39, 0.29) is 6.42 Å². The van der Waals surface area contributed by atoms with Gasteiger partial charge in [0.25, 0.3) is 0 Å². The molecule has 0 spiro atoms. The zero-order valence-corrected chi connectivity index (χ0v) is 9.30. The number of aryl methyl sites for hydroxylation is 1. The molecule has 5 nitrogen and oxygen atoms in total. The van der Waals surface area contributed by atoms with Gasteiger partial charge in [-0.05, 0) is 18.4 Å². The minimum atomic E-state index is -2.08. The van der Waals surface area contributed by atoms with Gasteiger partial charge in [0.05, 0.1) is 6.42 Å². The number of aliphatic hydroxyl groups is 1. The fraction of sp³-hybridized carbons (Fsp3) is 0.333. The number of nitrogens with two attached hydrogens (primary N) is 1. The van der Waals surface area contributed by atoms with Gasteiger partial charge in [0, 0.05) is 0 Å². The summed E-state index contributed by atoms with van der Waals surface area (Å²) in [6.45, 7) is 0. The second-order valence-electron chi connectivity index (χ2n) is 3.97. The van der Waals surface area contributed by atoms with Crippen molar-refractivity contribution in [2.45, 2.75) is 24.9 Å². The van der Waals surface area contributed by atoms with Crippen molar-refractivity contribution in [3.8, 4) is 0 Å². The van der Waals surface area contributed by atoms with E-state index in [1.54, 1.807) is 0 Å². The van der Waals surface area contributed by atoms with Crippen molar-refractivity contribution in [3.05, 3.63) is 35.9 Å². The summed E-state index contributed by atoms with van der Waals surface area (Å²) in [7, 11) is 0. The van der Waals surface area contributed by atoms with Crippen molar-refractivity contribution in [3.63, 3.8) is 0 Å². The molecular formula is C12H15NO4. The molecule has 0 fully saturated rings. The maximum absolute atomic E-state index is 10.9. The van der Waals surface area contributed by atoms with Crippen LogP contribution in [-0.4, -0.2) is 27.7 Å². The predicted molar refractivity (Wildman–Crippen MR) is 61.2 cm³/mol. The standard InChI is InChI=1S/C12H15NO4/c13-10(14)8-12(17,11(15)16)7-6-9-4-2-1-3-5-9/h1-5,17H,6-8H2,(H2,13,14)(H,15,16). The highest BCUT2D eigenvalue weighted by Gasteiger charge is 2.37. The minimum Gasteiger partial charge on any atom is -0.479 e. The highest BCUT2D eigenvalue weighted by molar-refractivity contribution is 5.85. The molecule has 1 rings (SSSR count). The molecule has 0 aromatic heterocycles. The second-order valence-corrected chi connectivity index (χ2v) is 3.97. The van der Waals surface area contributed by atoms with Crippen LogP contribution in [0.5, 0.6) is 0 Å². The van der Waals surface area contributed by atoms with E-state index in [0.29, 0.717) is 6.42 Å². The lowest BCUT2D eigenvalue weighted by Crippen LogP contribution is -2.42. The van der Waals surface area contributed by atoms with E-state index < -0.39 is 23.9 Å². The molecule has 1 atom stereocenters. The molecule has 4 N–H and O–H groups in total. The van der Waals surface area contributed by atoms with Gasteiger partial charge in [-0.15, -0.1) is 0 Å². The summed E-state index contributed by atoms with van der Waals surface area (Å²) in [5.74, 6) is -2.25. The smallest absolute Gasteiger partial charge is 0.336 e. The molecule has 17 heavy (non-hydrogen) atoms. The predicted octanol–water partition coefficient (Wildman–Crippen LogP) is 0.310. The number of carboxylic acids is 1. The van der Waals surface area contributed by atoms with Crippen molar-refractivity contribution >= 4 is 11.9 Å². The van der Waals surface area contributed by atoms with Crippen LogP contribution in [0, 0.1) is 0 Å². The van der Waals surface area contributed by atoms with Crippen LogP contribution in [0.3, 0.4) is 0 Å². The topological polar surface area (TPSA) is 101 Å². The van der Waals surface area contributed by atoms with Crippen LogP contribution < -0.4 is 5.73 Å². The fourth-order valence-corrected chi connectivity index (χ4v) is 1.55. The molecule has 92 valence electrons. The number of rotatable bonds is 6. The van der Waals surface area contributed by atoms with Gasteiger partial charge >= 0.3 is 5.97 Å². The number of carbonyl (C=O) groups is 2. The average Bonchev–Trinajstić information content (AvgIpc) is 2.27. The Morgan fingerprint density at radius 1 is 1.24 bits per heavy atom. The van der Waals surface area contributed by atoms with Gasteiger partial charge in [0.15, 0.2) is 5.60 Å². The summed E-state index contributed by atoms with van der Waals surface area (Å²) in [5, 5.41) is 18.7. The quantitative estimate of drug-likeness (QED) is 0.662. The van der Waals surface area contributed by atoms with Gasteiger partial charge in [0.1, 0.15) is 0 Å². The maximum Gasteiger partial charge on any atom is 0.336 e. The highest BCUT2D eigenvalue weighted by Crippen LogP contribution is 2.18. The number of hydrogen-bond donors (Lipinski definition) is 3. The Balaban J connectivity index is 2.68. The maximum atomic E-state index is 10.9. The third-order valence-electron chi connectivity index (χ3n) is 2.53. The molecule has 0 saturated heterocycles. The summed E-state index contributed by atoms with van der Waals surface area (Å²) in [5.41, 5.74) is 3.74. The molecular weight excluding hydrogens is 222 g/mol. The Labute approximate surface area is 98.9 Å². The highest BCUT2D eigenvalue weighted by atomic mass is 16.4. The van der Waals surface area contributed by atoms with Gasteiger partial charge < -0.3 is 15.9 Å². The van der Waals surface area contributed by atoms with Crippen LogP contribution in [-0.2, 0) is 16.0 Å². The number of aliphatic carboxylic acids is 1. The first-order chi connectivity index (χ1) is 7.94. The zero-order valence-electron chi connectivity index (χ0n) is 9.30. The molecule has 0 aliphatic heterocycles. The van der Waals surface area contributed by atoms with Gasteiger partial charge in [-0.25, -0.2) is 4.79 Å². The summed E-state index contributed by atoms with van der Waals surface area (Å²) in [4.78, 5) is 21.6. The van der Waals surface area contributed by atoms with E-state index in [4.69, 9.17) is 10.8 Å². The molecule has 1 aromatic rings. The van der Waals surface area contributed by atoms with E-state index in [2.05, 4.69) is 0 Å². The van der Waals surface area contributed by atoms with Crippen LogP contribution in [0.2, 0.25) is 0 Å². The van der Waals surface area contributed by atoms with E-state index in [1.165, 1.54) is 0 Å². The lowest BCUT2D eigenvalue weighted by molar-refractivity contribution is -0.162. The normalized spacial score (nSPS) is 13.9. The second kappa shape index (κ2) is 5.45. The van der Waals surface area contributed by atoms with Gasteiger partial charge in [-0.1, -0.05) is 30.3 Å². The molecule has 0 radical (unpaired) electrons. The Kier molecular flexibility index (Phi) is 4.23. The molecule has 0 aliphatic carbocycles. The Hall–Kier alpha value is -1.88. The first kappa shape index (κ1) is 13.2. The summed E-state index contributed by atoms with van der Waals surface area (Å²) in [6, 6.07) is 9.14. The number of hydrogen-bond acceptors (Lipinski definition) is 3. The molecule has 0 saturated carbocycles. The lowest BCUT2D eigenvalue weighted by atomic mass is 9.91. The zero-order chi connectivity index (χ0) is 12.9. The molecule has 0 bridgehead atoms. The number of benzene rings is 1. The van der Waals surface area contributed by atoms with E-state index in [0.717, 1.165) is 5.56 Å². The fourth-order valence-electron chi connectivity index (χ4n) is 1.55. The molecule has 1 unspecified atom stereocenters. The minimum absolute atomic E-state index is 0.0463. The molecule has 0 aliphatic rings. The van der Waals surface area contributed by atoms with E-state index in [1.807, 2.05) is 30.3 Å². The van der Waals surface area contributed by atoms with Crippen molar-refractivity contribution in [1.82, 2.24) is 0 Å². The van der Waals surface area contributed by atoms with Crippen molar-refractivity contribution < 1.29 is 19.8 Å². The lowest BCUT2D eigenvalue weighted by Gasteiger charge is -2.21. The SMILES string of the molecule is NC(=O)CC(O)(CCc1ccccc1)C(=O)O. The van der Waals surface area contributed by atoms with Crippen molar-refractivity contribution in [2.24, 2.45) is 5.73 Å². The number of primary amides is 1. The van der Waals surface area contributed by atoms with E-state index in [9.17, 15) is 14.7 Å². The molecule has 0 heterocycles. The van der Waals surface area contributed by atoms with Gasteiger partial charge in [-0.2, -0.15) is 0 Å². The largest absolute Gasteiger partial charge is 0.479 e. The van der Waals surface area contributed by atoms with Crippen LogP contribution in [0.25, 0.3) is 0 Å². The Morgan fingerprint density at radius 3 is 2.29 bits per heavy atom. The van der Waals surface area contributed by atoms with Gasteiger partial charge in [-0.3, -0.25) is 4.79 Å². The van der Waals surface area contributed by atoms with Crippen molar-refractivity contribution in [2.75, 3.05) is 0 Å². The first-order valence-corrected chi connectivity index (χ1v) is 5.22. The summed E-state index contributed by atoms with van der Waals surface area (Å²) >= 11 is 0. The first-order valence-electron chi connectivity index (χ1n) is 5.22. The Morgan fingerprint density at radius 2 is 1.82 bits per heavy atom. The molecule has 5 heteroatoms. The molecule has 1 aromatic carbocycles. The average molecular weight is 237 g/mol. The summed E-state index contributed by atoms with van der Waals surface area (Å²) in [6.07, 6.45) is -0.249. The number of amides is 1. The molecule has 1 amide bonds. The van der Waals surface area contributed by atoms with E-state index >= 15 is 0 Å². The van der Waals surface area contributed by atoms with Crippen molar-refractivity contribution in [1.29, 1.82) is 0 Å². The number of carbonyl (C=O) groups excluding carboxylic acids is 1.